The zero-order valence-corrected chi connectivity index (χ0v) is 16.7. The molecule has 1 saturated heterocycles. The Hall–Kier alpha value is -2.97. The van der Waals surface area contributed by atoms with E-state index in [1.54, 1.807) is 12.5 Å². The average Bonchev–Trinajstić information content (AvgIpc) is 3.39. The van der Waals surface area contributed by atoms with Crippen LogP contribution in [-0.2, 0) is 0 Å². The Kier molecular flexibility index (Phi) is 5.73. The van der Waals surface area contributed by atoms with Gasteiger partial charge in [0, 0.05) is 51.7 Å². The van der Waals surface area contributed by atoms with E-state index in [9.17, 15) is 5.11 Å². The largest absolute Gasteiger partial charge is 0.391 e. The Bertz CT molecular complexity index is 900. The highest BCUT2D eigenvalue weighted by Crippen LogP contribution is 2.27. The van der Waals surface area contributed by atoms with Crippen LogP contribution in [0.2, 0.25) is 0 Å². The van der Waals surface area contributed by atoms with E-state index < -0.39 is 0 Å². The van der Waals surface area contributed by atoms with Gasteiger partial charge in [-0.2, -0.15) is 0 Å². The van der Waals surface area contributed by atoms with Crippen LogP contribution in [0.25, 0.3) is 0 Å². The SMILES string of the molecule is CN(C)c1cc(N2C[C@H](O)C[C@@H]2CNC(c2ccccc2)c2ncc[nH]2)ncn1. The fourth-order valence-corrected chi connectivity index (χ4v) is 3.81. The number of aromatic nitrogens is 4. The highest BCUT2D eigenvalue weighted by molar-refractivity contribution is 5.51. The van der Waals surface area contributed by atoms with Crippen LogP contribution in [0.4, 0.5) is 11.6 Å². The summed E-state index contributed by atoms with van der Waals surface area (Å²) in [6, 6.07) is 12.3. The van der Waals surface area contributed by atoms with Gasteiger partial charge in [0.15, 0.2) is 0 Å². The molecule has 152 valence electrons. The van der Waals surface area contributed by atoms with Crippen molar-refractivity contribution in [1.82, 2.24) is 25.3 Å². The fourth-order valence-electron chi connectivity index (χ4n) is 3.81. The molecule has 0 saturated carbocycles. The van der Waals surface area contributed by atoms with Gasteiger partial charge in [0.25, 0.3) is 0 Å². The molecule has 3 atom stereocenters. The first-order valence-electron chi connectivity index (χ1n) is 9.83. The predicted octanol–water partition coefficient (Wildman–Crippen LogP) is 1.58. The summed E-state index contributed by atoms with van der Waals surface area (Å²) in [6.07, 6.45) is 5.49. The molecule has 0 bridgehead atoms. The van der Waals surface area contributed by atoms with Crippen molar-refractivity contribution in [3.05, 3.63) is 66.5 Å². The van der Waals surface area contributed by atoms with Crippen molar-refractivity contribution in [3.8, 4) is 0 Å². The van der Waals surface area contributed by atoms with E-state index in [-0.39, 0.29) is 18.2 Å². The number of aromatic amines is 1. The second-order valence-corrected chi connectivity index (χ2v) is 7.55. The number of anilines is 2. The summed E-state index contributed by atoms with van der Waals surface area (Å²) in [5.41, 5.74) is 1.14. The molecule has 1 aliphatic rings. The van der Waals surface area contributed by atoms with Crippen molar-refractivity contribution < 1.29 is 5.11 Å². The van der Waals surface area contributed by atoms with Gasteiger partial charge in [-0.1, -0.05) is 30.3 Å². The number of β-amino-alcohol motifs (C(OH)–C–C–N with tert-alkyl or cyclic N) is 1. The van der Waals surface area contributed by atoms with Crippen LogP contribution in [0.3, 0.4) is 0 Å². The molecule has 1 aromatic carbocycles. The van der Waals surface area contributed by atoms with Crippen LogP contribution in [0.1, 0.15) is 23.9 Å². The number of imidazole rings is 1. The van der Waals surface area contributed by atoms with Gasteiger partial charge in [-0.3, -0.25) is 0 Å². The standard InChI is InChI=1S/C21H27N7O/c1-27(2)18-11-19(26-14-25-18)28-13-17(29)10-16(28)12-24-20(21-22-8-9-23-21)15-6-4-3-5-7-15/h3-9,11,14,16-17,20,24,29H,10,12-13H2,1-2H3,(H,22,23)/t16-,17-,20?/m1/s1. The Morgan fingerprint density at radius 2 is 2.07 bits per heavy atom. The number of hydrogen-bond donors (Lipinski definition) is 3. The Morgan fingerprint density at radius 3 is 2.79 bits per heavy atom. The summed E-state index contributed by atoms with van der Waals surface area (Å²) in [5.74, 6) is 2.56. The van der Waals surface area contributed by atoms with Crippen molar-refractivity contribution in [1.29, 1.82) is 0 Å². The Labute approximate surface area is 170 Å². The highest BCUT2D eigenvalue weighted by atomic mass is 16.3. The lowest BCUT2D eigenvalue weighted by atomic mass is 10.1. The minimum Gasteiger partial charge on any atom is -0.391 e. The monoisotopic (exact) mass is 393 g/mol. The molecule has 2 aromatic heterocycles. The van der Waals surface area contributed by atoms with Gasteiger partial charge in [-0.25, -0.2) is 15.0 Å². The number of benzene rings is 1. The number of nitrogens with zero attached hydrogens (tertiary/aromatic N) is 5. The van der Waals surface area contributed by atoms with E-state index in [0.29, 0.717) is 19.5 Å². The molecular weight excluding hydrogens is 366 g/mol. The molecule has 0 aliphatic carbocycles. The maximum absolute atomic E-state index is 10.3. The van der Waals surface area contributed by atoms with Crippen molar-refractivity contribution >= 4 is 11.6 Å². The third-order valence-electron chi connectivity index (χ3n) is 5.27. The van der Waals surface area contributed by atoms with E-state index in [4.69, 9.17) is 0 Å². The molecule has 0 spiro atoms. The normalized spacial score (nSPS) is 20.0. The summed E-state index contributed by atoms with van der Waals surface area (Å²) in [7, 11) is 3.91. The lowest BCUT2D eigenvalue weighted by molar-refractivity contribution is 0.194. The molecule has 8 heteroatoms. The van der Waals surface area contributed by atoms with Crippen LogP contribution in [-0.4, -0.2) is 64.4 Å². The number of H-pyrrole nitrogens is 1. The van der Waals surface area contributed by atoms with E-state index in [1.807, 2.05) is 49.5 Å². The second-order valence-electron chi connectivity index (χ2n) is 7.55. The molecule has 0 radical (unpaired) electrons. The lowest BCUT2D eigenvalue weighted by Crippen LogP contribution is -2.40. The molecular formula is C21H27N7O. The topological polar surface area (TPSA) is 93.2 Å². The van der Waals surface area contributed by atoms with Gasteiger partial charge < -0.3 is 25.2 Å². The van der Waals surface area contributed by atoms with E-state index >= 15 is 0 Å². The number of rotatable bonds is 7. The minimum atomic E-state index is -0.377. The molecule has 1 fully saturated rings. The van der Waals surface area contributed by atoms with Crippen molar-refractivity contribution in [2.45, 2.75) is 24.6 Å². The molecule has 29 heavy (non-hydrogen) atoms. The van der Waals surface area contributed by atoms with Crippen molar-refractivity contribution in [3.63, 3.8) is 0 Å². The van der Waals surface area contributed by atoms with Crippen LogP contribution < -0.4 is 15.1 Å². The summed E-state index contributed by atoms with van der Waals surface area (Å²) in [4.78, 5) is 20.5. The van der Waals surface area contributed by atoms with Gasteiger partial charge in [0.05, 0.1) is 12.1 Å². The maximum Gasteiger partial charge on any atom is 0.134 e. The summed E-state index contributed by atoms with van der Waals surface area (Å²) in [5, 5.41) is 14.0. The van der Waals surface area contributed by atoms with Gasteiger partial charge >= 0.3 is 0 Å². The summed E-state index contributed by atoms with van der Waals surface area (Å²) >= 11 is 0. The third kappa shape index (κ3) is 4.38. The van der Waals surface area contributed by atoms with E-state index in [1.165, 1.54) is 0 Å². The molecule has 4 rings (SSSR count). The Morgan fingerprint density at radius 1 is 1.24 bits per heavy atom. The van der Waals surface area contributed by atoms with Gasteiger partial charge in [0.2, 0.25) is 0 Å². The van der Waals surface area contributed by atoms with E-state index in [0.717, 1.165) is 23.0 Å². The number of aliphatic hydroxyl groups excluding tert-OH is 1. The molecule has 3 aromatic rings. The van der Waals surface area contributed by atoms with Gasteiger partial charge in [0.1, 0.15) is 23.8 Å². The third-order valence-corrected chi connectivity index (χ3v) is 5.27. The molecule has 8 nitrogen and oxygen atoms in total. The lowest BCUT2D eigenvalue weighted by Gasteiger charge is -2.28. The zero-order chi connectivity index (χ0) is 20.2. The smallest absolute Gasteiger partial charge is 0.134 e. The van der Waals surface area contributed by atoms with E-state index in [2.05, 4.69) is 42.3 Å². The molecule has 1 aliphatic heterocycles. The first kappa shape index (κ1) is 19.4. The highest BCUT2D eigenvalue weighted by Gasteiger charge is 2.33. The number of aliphatic hydroxyl groups is 1. The Balaban J connectivity index is 1.53. The maximum atomic E-state index is 10.3. The first-order chi connectivity index (χ1) is 14.1. The minimum absolute atomic E-state index is 0.0477. The van der Waals surface area contributed by atoms with Crippen LogP contribution in [0.15, 0.2) is 55.1 Å². The van der Waals surface area contributed by atoms with Crippen LogP contribution in [0.5, 0.6) is 0 Å². The fraction of sp³-hybridized carbons (Fsp3) is 0.381. The average molecular weight is 393 g/mol. The van der Waals surface area contributed by atoms with Crippen molar-refractivity contribution in [2.24, 2.45) is 0 Å². The van der Waals surface area contributed by atoms with Crippen LogP contribution in [0, 0.1) is 0 Å². The second kappa shape index (κ2) is 8.59. The number of nitrogens with one attached hydrogen (secondary N) is 2. The number of hydrogen-bond acceptors (Lipinski definition) is 7. The molecule has 3 N–H and O–H groups in total. The zero-order valence-electron chi connectivity index (χ0n) is 16.7. The van der Waals surface area contributed by atoms with Crippen LogP contribution >= 0.6 is 0 Å². The molecule has 1 unspecified atom stereocenters. The summed E-state index contributed by atoms with van der Waals surface area (Å²) < 4.78 is 0. The predicted molar refractivity (Wildman–Crippen MR) is 113 cm³/mol. The van der Waals surface area contributed by atoms with Gasteiger partial charge in [-0.05, 0) is 12.0 Å². The first-order valence-corrected chi connectivity index (χ1v) is 9.83. The van der Waals surface area contributed by atoms with Crippen molar-refractivity contribution in [2.75, 3.05) is 37.0 Å². The quantitative estimate of drug-likeness (QED) is 0.561. The van der Waals surface area contributed by atoms with Gasteiger partial charge in [-0.15, -0.1) is 0 Å². The molecule has 3 heterocycles. The molecule has 0 amide bonds. The summed E-state index contributed by atoms with van der Waals surface area (Å²) in [6.45, 7) is 1.26.